The van der Waals surface area contributed by atoms with Gasteiger partial charge in [0.05, 0.1) is 0 Å². The fourth-order valence-corrected chi connectivity index (χ4v) is 4.11. The summed E-state index contributed by atoms with van der Waals surface area (Å²) in [5.41, 5.74) is 5.48. The summed E-state index contributed by atoms with van der Waals surface area (Å²) in [5, 5.41) is 5.34. The number of unbranched alkanes of at least 4 members (excludes halogenated alkanes) is 2. The van der Waals surface area contributed by atoms with Gasteiger partial charge in [-0.25, -0.2) is 0 Å². The largest absolute Gasteiger partial charge is 0.0654 e. The second-order valence-electron chi connectivity index (χ2n) is 8.00. The number of hydrogen-bond donors (Lipinski definition) is 0. The van der Waals surface area contributed by atoms with Gasteiger partial charge in [-0.15, -0.1) is 0 Å². The monoisotopic (exact) mass is 366 g/mol. The quantitative estimate of drug-likeness (QED) is 0.228. The van der Waals surface area contributed by atoms with E-state index in [1.54, 1.807) is 0 Å². The Kier molecular flexibility index (Phi) is 5.76. The van der Waals surface area contributed by atoms with Gasteiger partial charge in [0.1, 0.15) is 0 Å². The van der Waals surface area contributed by atoms with Crippen LogP contribution in [0, 0.1) is 0 Å². The van der Waals surface area contributed by atoms with Crippen LogP contribution in [0.5, 0.6) is 0 Å². The molecule has 0 unspecified atom stereocenters. The van der Waals surface area contributed by atoms with Crippen molar-refractivity contribution in [1.29, 1.82) is 0 Å². The Labute approximate surface area is 169 Å². The van der Waals surface area contributed by atoms with Crippen molar-refractivity contribution in [2.75, 3.05) is 0 Å². The fourth-order valence-electron chi connectivity index (χ4n) is 4.11. The molecule has 0 aromatic heterocycles. The van der Waals surface area contributed by atoms with Crippen LogP contribution in [-0.4, -0.2) is 0 Å². The van der Waals surface area contributed by atoms with E-state index >= 15 is 0 Å². The maximum absolute atomic E-state index is 2.38. The maximum atomic E-state index is 2.38. The summed E-state index contributed by atoms with van der Waals surface area (Å²) in [6.45, 7) is 4.50. The molecule has 0 heteroatoms. The molecule has 0 radical (unpaired) electrons. The van der Waals surface area contributed by atoms with Gasteiger partial charge in [0.15, 0.2) is 0 Å². The summed E-state index contributed by atoms with van der Waals surface area (Å²) in [7, 11) is 0. The van der Waals surface area contributed by atoms with Crippen molar-refractivity contribution in [3.63, 3.8) is 0 Å². The molecule has 0 N–H and O–H groups in total. The van der Waals surface area contributed by atoms with E-state index in [2.05, 4.69) is 86.6 Å². The molecule has 0 saturated carbocycles. The van der Waals surface area contributed by atoms with Gasteiger partial charge in [0, 0.05) is 0 Å². The molecule has 0 bridgehead atoms. The standard InChI is InChI=1S/C28H30/c1-3-5-6-8-22-11-14-25-20-28-18-24(15-16-26(28)19-27(25)17-22)23-12-9-21(7-4-2)10-13-23/h9-20H,3-8H2,1-2H3. The van der Waals surface area contributed by atoms with Crippen LogP contribution in [0.1, 0.15) is 50.7 Å². The summed E-state index contributed by atoms with van der Waals surface area (Å²) in [4.78, 5) is 0. The van der Waals surface area contributed by atoms with Gasteiger partial charge in [0.2, 0.25) is 0 Å². The van der Waals surface area contributed by atoms with E-state index in [1.807, 2.05) is 0 Å². The van der Waals surface area contributed by atoms with Crippen molar-refractivity contribution in [2.45, 2.75) is 52.4 Å². The van der Waals surface area contributed by atoms with E-state index in [9.17, 15) is 0 Å². The Morgan fingerprint density at radius 2 is 1.11 bits per heavy atom. The Morgan fingerprint density at radius 3 is 1.82 bits per heavy atom. The predicted octanol–water partition coefficient (Wildman–Crippen LogP) is 8.35. The molecule has 4 rings (SSSR count). The van der Waals surface area contributed by atoms with Crippen molar-refractivity contribution < 1.29 is 0 Å². The smallest absolute Gasteiger partial charge is 0.0171 e. The topological polar surface area (TPSA) is 0 Å². The van der Waals surface area contributed by atoms with Gasteiger partial charge >= 0.3 is 0 Å². The Morgan fingerprint density at radius 1 is 0.464 bits per heavy atom. The zero-order valence-electron chi connectivity index (χ0n) is 17.2. The molecular weight excluding hydrogens is 336 g/mol. The summed E-state index contributed by atoms with van der Waals surface area (Å²) in [6.07, 6.45) is 7.43. The molecule has 0 fully saturated rings. The van der Waals surface area contributed by atoms with E-state index in [1.165, 1.54) is 75.9 Å². The van der Waals surface area contributed by atoms with Crippen molar-refractivity contribution in [3.8, 4) is 11.1 Å². The third-order valence-electron chi connectivity index (χ3n) is 5.75. The van der Waals surface area contributed by atoms with Gasteiger partial charge in [-0.05, 0) is 81.3 Å². The van der Waals surface area contributed by atoms with Crippen LogP contribution in [0.15, 0.2) is 72.8 Å². The highest BCUT2D eigenvalue weighted by molar-refractivity contribution is 5.99. The van der Waals surface area contributed by atoms with Gasteiger partial charge in [-0.2, -0.15) is 0 Å². The van der Waals surface area contributed by atoms with Crippen molar-refractivity contribution >= 4 is 21.5 Å². The lowest BCUT2D eigenvalue weighted by Crippen LogP contribution is -1.87. The van der Waals surface area contributed by atoms with Crippen LogP contribution >= 0.6 is 0 Å². The van der Waals surface area contributed by atoms with Crippen molar-refractivity contribution in [3.05, 3.63) is 83.9 Å². The highest BCUT2D eigenvalue weighted by Gasteiger charge is 2.04. The van der Waals surface area contributed by atoms with E-state index in [4.69, 9.17) is 0 Å². The maximum Gasteiger partial charge on any atom is -0.0171 e. The summed E-state index contributed by atoms with van der Waals surface area (Å²) < 4.78 is 0. The number of fused-ring (bicyclic) bond motifs is 2. The van der Waals surface area contributed by atoms with Crippen LogP contribution in [0.3, 0.4) is 0 Å². The minimum absolute atomic E-state index is 1.16. The van der Waals surface area contributed by atoms with Gasteiger partial charge in [0.25, 0.3) is 0 Å². The first-order valence-electron chi connectivity index (χ1n) is 10.8. The van der Waals surface area contributed by atoms with E-state index in [0.29, 0.717) is 0 Å². The molecule has 0 atom stereocenters. The normalized spacial score (nSPS) is 11.4. The van der Waals surface area contributed by atoms with Gasteiger partial charge in [-0.3, -0.25) is 0 Å². The zero-order valence-corrected chi connectivity index (χ0v) is 17.2. The summed E-state index contributed by atoms with van der Waals surface area (Å²) in [5.74, 6) is 0. The molecule has 0 nitrogen and oxygen atoms in total. The molecule has 142 valence electrons. The average Bonchev–Trinajstić information content (AvgIpc) is 2.73. The number of hydrogen-bond acceptors (Lipinski definition) is 0. The lowest BCUT2D eigenvalue weighted by molar-refractivity contribution is 0.718. The minimum atomic E-state index is 1.16. The van der Waals surface area contributed by atoms with Crippen LogP contribution in [0.25, 0.3) is 32.7 Å². The van der Waals surface area contributed by atoms with Crippen LogP contribution < -0.4 is 0 Å². The molecule has 0 saturated heterocycles. The summed E-state index contributed by atoms with van der Waals surface area (Å²) in [6, 6.07) is 27.6. The third-order valence-corrected chi connectivity index (χ3v) is 5.75. The first-order chi connectivity index (χ1) is 13.8. The average molecular weight is 367 g/mol. The van der Waals surface area contributed by atoms with E-state index in [0.717, 1.165) is 6.42 Å². The molecule has 28 heavy (non-hydrogen) atoms. The molecule has 0 aliphatic heterocycles. The fraction of sp³-hybridized carbons (Fsp3) is 0.286. The minimum Gasteiger partial charge on any atom is -0.0654 e. The molecule has 0 spiro atoms. The number of rotatable bonds is 7. The van der Waals surface area contributed by atoms with Gasteiger partial charge in [-0.1, -0.05) is 87.7 Å². The first kappa shape index (κ1) is 18.7. The Balaban J connectivity index is 1.65. The molecule has 0 aliphatic rings. The van der Waals surface area contributed by atoms with Crippen LogP contribution in [-0.2, 0) is 12.8 Å². The number of aryl methyl sites for hydroxylation is 2. The molecule has 4 aromatic rings. The van der Waals surface area contributed by atoms with E-state index in [-0.39, 0.29) is 0 Å². The predicted molar refractivity (Wildman–Crippen MR) is 124 cm³/mol. The van der Waals surface area contributed by atoms with Crippen molar-refractivity contribution in [1.82, 2.24) is 0 Å². The molecule has 0 aliphatic carbocycles. The van der Waals surface area contributed by atoms with E-state index < -0.39 is 0 Å². The molecule has 4 aromatic carbocycles. The Bertz CT molecular complexity index is 1070. The van der Waals surface area contributed by atoms with Crippen LogP contribution in [0.2, 0.25) is 0 Å². The molecule has 0 amide bonds. The second kappa shape index (κ2) is 8.61. The highest BCUT2D eigenvalue weighted by atomic mass is 14.1. The highest BCUT2D eigenvalue weighted by Crippen LogP contribution is 2.29. The zero-order chi connectivity index (χ0) is 19.3. The van der Waals surface area contributed by atoms with Crippen LogP contribution in [0.4, 0.5) is 0 Å². The lowest BCUT2D eigenvalue weighted by atomic mass is 9.96. The third kappa shape index (κ3) is 4.12. The Hall–Kier alpha value is -2.60. The summed E-state index contributed by atoms with van der Waals surface area (Å²) >= 11 is 0. The van der Waals surface area contributed by atoms with Gasteiger partial charge < -0.3 is 0 Å². The second-order valence-corrected chi connectivity index (χ2v) is 8.00. The number of benzene rings is 4. The SMILES string of the molecule is CCCCCc1ccc2cc3cc(-c4ccc(CCC)cc4)ccc3cc2c1. The molecular formula is C28H30. The first-order valence-corrected chi connectivity index (χ1v) is 10.8. The molecule has 0 heterocycles. The lowest BCUT2D eigenvalue weighted by Gasteiger charge is -2.09. The van der Waals surface area contributed by atoms with Crippen molar-refractivity contribution in [2.24, 2.45) is 0 Å².